The fourth-order valence-corrected chi connectivity index (χ4v) is 5.46. The lowest BCUT2D eigenvalue weighted by Crippen LogP contribution is -2.29. The molecule has 0 radical (unpaired) electrons. The number of aliphatic hydroxyl groups is 2. The summed E-state index contributed by atoms with van der Waals surface area (Å²) in [5.74, 6) is -0.413. The predicted octanol–water partition coefficient (Wildman–Crippen LogP) is 1.20. The van der Waals surface area contributed by atoms with Gasteiger partial charge >= 0.3 is 0 Å². The molecule has 0 saturated carbocycles. The van der Waals surface area contributed by atoms with Gasteiger partial charge in [0.1, 0.15) is 13.2 Å². The zero-order valence-electron chi connectivity index (χ0n) is 16.0. The van der Waals surface area contributed by atoms with Crippen LogP contribution in [0, 0.1) is 0 Å². The van der Waals surface area contributed by atoms with Crippen LogP contribution in [-0.4, -0.2) is 65.0 Å². The van der Waals surface area contributed by atoms with Crippen LogP contribution in [0.15, 0.2) is 40.5 Å². The molecule has 3 rings (SSSR count). The number of hydrogen-bond donors (Lipinski definition) is 2. The van der Waals surface area contributed by atoms with Crippen LogP contribution in [0.3, 0.4) is 0 Å². The smallest absolute Gasteiger partial charge is 0.239 e. The predicted molar refractivity (Wildman–Crippen MR) is 113 cm³/mol. The average Bonchev–Trinajstić information content (AvgIpc) is 3.34. The number of anilines is 1. The van der Waals surface area contributed by atoms with Gasteiger partial charge in [-0.05, 0) is 43.8 Å². The highest BCUT2D eigenvalue weighted by atomic mass is 32.2. The van der Waals surface area contributed by atoms with Crippen molar-refractivity contribution in [3.63, 3.8) is 0 Å². The van der Waals surface area contributed by atoms with Gasteiger partial charge in [-0.1, -0.05) is 5.76 Å². The average molecular weight is 421 g/mol. The van der Waals surface area contributed by atoms with Gasteiger partial charge in [0.2, 0.25) is 5.04 Å². The Morgan fingerprint density at radius 1 is 1.14 bits per heavy atom. The van der Waals surface area contributed by atoms with E-state index in [1.54, 1.807) is 0 Å². The first-order valence-corrected chi connectivity index (χ1v) is 10.9. The molecule has 150 valence electrons. The Morgan fingerprint density at radius 3 is 2.54 bits per heavy atom. The standard InChI is InChI=1S/C20H24N2O4S2/c1-3-21(9-11-23)15-7-5-13(27-15)17-19(25)18(20(17)26)14-6-8-16(28-14)22(4-2)10-12-24/h5-8,23-24H,3-4,9-12H2,1-2H3. The fourth-order valence-electron chi connectivity index (χ4n) is 3.20. The van der Waals surface area contributed by atoms with E-state index in [9.17, 15) is 9.90 Å². The molecule has 28 heavy (non-hydrogen) atoms. The Kier molecular flexibility index (Phi) is 6.77. The number of carbonyl (C=O) groups excluding carboxylic acids is 1. The van der Waals surface area contributed by atoms with E-state index >= 15 is 0 Å². The second kappa shape index (κ2) is 9.09. The number of nitrogens with zero attached hydrogens (tertiary/aromatic N) is 2. The number of Topliss-reactive ketones (excluding diaryl/α,β-unsaturated/α-hetero) is 1. The molecule has 0 atom stereocenters. The Balaban J connectivity index is 1.86. The zero-order chi connectivity index (χ0) is 20.3. The number of thioether (sulfide) groups is 1. The third-order valence-electron chi connectivity index (χ3n) is 4.71. The quantitative estimate of drug-likeness (QED) is 0.486. The lowest BCUT2D eigenvalue weighted by molar-refractivity contribution is -0.523. The maximum atomic E-state index is 12.7. The van der Waals surface area contributed by atoms with Crippen LogP contribution in [0.1, 0.15) is 18.7 Å². The molecule has 2 N–H and O–H groups in total. The minimum absolute atomic E-state index is 0.0548. The van der Waals surface area contributed by atoms with Gasteiger partial charge in [0.05, 0.1) is 11.6 Å². The largest absolute Gasteiger partial charge is 0.871 e. The third-order valence-corrected chi connectivity index (χ3v) is 7.04. The maximum absolute atomic E-state index is 12.7. The van der Waals surface area contributed by atoms with Crippen LogP contribution in [-0.2, 0) is 4.79 Å². The first-order valence-electron chi connectivity index (χ1n) is 9.30. The molecule has 1 aliphatic heterocycles. The van der Waals surface area contributed by atoms with Crippen molar-refractivity contribution in [2.75, 3.05) is 44.3 Å². The van der Waals surface area contributed by atoms with Gasteiger partial charge in [0.25, 0.3) is 0 Å². The third kappa shape index (κ3) is 3.82. The summed E-state index contributed by atoms with van der Waals surface area (Å²) in [6.45, 7) is 6.63. The molecule has 2 aliphatic rings. The van der Waals surface area contributed by atoms with E-state index in [1.165, 1.54) is 23.1 Å². The summed E-state index contributed by atoms with van der Waals surface area (Å²) in [6, 6.07) is 3.70. The van der Waals surface area contributed by atoms with Crippen LogP contribution in [0.25, 0.3) is 5.57 Å². The number of likely N-dealkylation sites (N-methyl/N-ethyl adjacent to an activating group) is 2. The first kappa shape index (κ1) is 20.9. The molecular weight excluding hydrogens is 396 g/mol. The maximum Gasteiger partial charge on any atom is 0.239 e. The minimum atomic E-state index is -0.206. The zero-order valence-corrected chi connectivity index (χ0v) is 17.6. The SMILES string of the molecule is CCN(CCO)c1ccc(C2=C([O-])C(=C3C=CC(=[N+](CC)CCO)S3)C2=O)s1. The van der Waals surface area contributed by atoms with Crippen LogP contribution in [0.5, 0.6) is 0 Å². The summed E-state index contributed by atoms with van der Waals surface area (Å²) in [7, 11) is 0. The van der Waals surface area contributed by atoms with E-state index in [2.05, 4.69) is 0 Å². The topological polar surface area (TPSA) is 86.8 Å². The highest BCUT2D eigenvalue weighted by Crippen LogP contribution is 2.44. The Morgan fingerprint density at radius 2 is 1.93 bits per heavy atom. The van der Waals surface area contributed by atoms with Crippen molar-refractivity contribution in [3.05, 3.63) is 45.4 Å². The molecular formula is C20H24N2O4S2. The van der Waals surface area contributed by atoms with Crippen LogP contribution < -0.4 is 10.0 Å². The number of aliphatic hydroxyl groups excluding tert-OH is 2. The van der Waals surface area contributed by atoms with Crippen LogP contribution >= 0.6 is 23.1 Å². The lowest BCUT2D eigenvalue weighted by Gasteiger charge is -2.30. The summed E-state index contributed by atoms with van der Waals surface area (Å²) < 4.78 is 2.01. The first-order chi connectivity index (χ1) is 13.5. The van der Waals surface area contributed by atoms with Gasteiger partial charge in [-0.15, -0.1) is 11.3 Å². The second-order valence-electron chi connectivity index (χ2n) is 6.29. The Hall–Kier alpha value is -1.87. The molecule has 1 aromatic rings. The number of carbonyl (C=O) groups is 1. The van der Waals surface area contributed by atoms with E-state index in [0.717, 1.165) is 23.1 Å². The molecule has 0 bridgehead atoms. The van der Waals surface area contributed by atoms with Gasteiger partial charge in [-0.2, -0.15) is 0 Å². The monoisotopic (exact) mass is 420 g/mol. The van der Waals surface area contributed by atoms with Crippen LogP contribution in [0.2, 0.25) is 0 Å². The second-order valence-corrected chi connectivity index (χ2v) is 8.42. The molecule has 6 nitrogen and oxygen atoms in total. The van der Waals surface area contributed by atoms with E-state index < -0.39 is 0 Å². The van der Waals surface area contributed by atoms with Gasteiger partial charge < -0.3 is 20.2 Å². The van der Waals surface area contributed by atoms with Crippen molar-refractivity contribution >= 4 is 44.5 Å². The minimum Gasteiger partial charge on any atom is -0.871 e. The molecule has 0 unspecified atom stereocenters. The number of allylic oxidation sites excluding steroid dienone is 3. The van der Waals surface area contributed by atoms with E-state index in [4.69, 9.17) is 10.2 Å². The molecule has 0 saturated heterocycles. The number of rotatable bonds is 8. The van der Waals surface area contributed by atoms with E-state index in [0.29, 0.717) is 22.9 Å². The number of ketones is 1. The van der Waals surface area contributed by atoms with Gasteiger partial charge in [0, 0.05) is 40.1 Å². The molecule has 0 aromatic carbocycles. The van der Waals surface area contributed by atoms with Crippen molar-refractivity contribution < 1.29 is 24.7 Å². The number of thiophene rings is 1. The molecule has 0 fully saturated rings. The van der Waals surface area contributed by atoms with Crippen molar-refractivity contribution in [1.82, 2.24) is 0 Å². The fraction of sp³-hybridized carbons (Fsp3) is 0.400. The number of hydrogen-bond acceptors (Lipinski definition) is 7. The summed E-state index contributed by atoms with van der Waals surface area (Å²) in [5, 5.41) is 33.0. The highest BCUT2D eigenvalue weighted by Gasteiger charge is 2.34. The summed E-state index contributed by atoms with van der Waals surface area (Å²) >= 11 is 2.81. The normalized spacial score (nSPS) is 20.8. The summed E-state index contributed by atoms with van der Waals surface area (Å²) in [6.07, 6.45) is 3.70. The van der Waals surface area contributed by atoms with Crippen molar-refractivity contribution in [2.45, 2.75) is 13.8 Å². The molecule has 1 aliphatic carbocycles. The Bertz CT molecular complexity index is 896. The van der Waals surface area contributed by atoms with Crippen molar-refractivity contribution in [2.24, 2.45) is 0 Å². The lowest BCUT2D eigenvalue weighted by atomic mass is 9.86. The van der Waals surface area contributed by atoms with Gasteiger partial charge in [-0.25, -0.2) is 4.58 Å². The molecule has 0 spiro atoms. The molecule has 1 aromatic heterocycles. The van der Waals surface area contributed by atoms with E-state index in [1.807, 2.05) is 47.6 Å². The van der Waals surface area contributed by atoms with Crippen LogP contribution in [0.4, 0.5) is 5.00 Å². The van der Waals surface area contributed by atoms with Gasteiger partial charge in [-0.3, -0.25) is 4.79 Å². The van der Waals surface area contributed by atoms with Crippen molar-refractivity contribution in [1.29, 1.82) is 0 Å². The molecule has 2 heterocycles. The summed E-state index contributed by atoms with van der Waals surface area (Å²) in [5.41, 5.74) is 0.507. The Labute approximate surface area is 172 Å². The highest BCUT2D eigenvalue weighted by molar-refractivity contribution is 8.18. The van der Waals surface area contributed by atoms with E-state index in [-0.39, 0.29) is 35.9 Å². The van der Waals surface area contributed by atoms with Crippen molar-refractivity contribution in [3.8, 4) is 0 Å². The van der Waals surface area contributed by atoms with Gasteiger partial charge in [0.15, 0.2) is 12.3 Å². The molecule has 0 amide bonds. The summed E-state index contributed by atoms with van der Waals surface area (Å²) in [4.78, 5) is 16.1. The molecule has 8 heteroatoms.